The van der Waals surface area contributed by atoms with Crippen molar-refractivity contribution in [3.63, 3.8) is 0 Å². The minimum Gasteiger partial charge on any atom is -0.479 e. The summed E-state index contributed by atoms with van der Waals surface area (Å²) < 4.78 is 0. The molecular formula is C14H24O3. The van der Waals surface area contributed by atoms with Crippen molar-refractivity contribution in [2.75, 3.05) is 0 Å². The van der Waals surface area contributed by atoms with Crippen molar-refractivity contribution in [1.29, 1.82) is 0 Å². The van der Waals surface area contributed by atoms with E-state index in [9.17, 15) is 15.0 Å². The third kappa shape index (κ3) is 2.49. The lowest BCUT2D eigenvalue weighted by molar-refractivity contribution is -0.178. The van der Waals surface area contributed by atoms with Crippen LogP contribution in [0.15, 0.2) is 0 Å². The third-order valence-electron chi connectivity index (χ3n) is 4.80. The van der Waals surface area contributed by atoms with Crippen molar-refractivity contribution in [1.82, 2.24) is 0 Å². The minimum absolute atomic E-state index is 0.0168. The SMILES string of the molecule is O=C(O)C(O)(C1CCCCC1)C1CCCCC1. The van der Waals surface area contributed by atoms with Gasteiger partial charge in [-0.2, -0.15) is 0 Å². The van der Waals surface area contributed by atoms with E-state index in [1.807, 2.05) is 0 Å². The molecule has 0 amide bonds. The van der Waals surface area contributed by atoms with Gasteiger partial charge >= 0.3 is 5.97 Å². The maximum absolute atomic E-state index is 11.6. The molecular weight excluding hydrogens is 216 g/mol. The Morgan fingerprint density at radius 2 is 1.18 bits per heavy atom. The first kappa shape index (κ1) is 12.9. The highest BCUT2D eigenvalue weighted by Gasteiger charge is 2.50. The summed E-state index contributed by atoms with van der Waals surface area (Å²) in [6.07, 6.45) is 10.2. The normalized spacial score (nSPS) is 24.8. The molecule has 0 saturated heterocycles. The van der Waals surface area contributed by atoms with Crippen LogP contribution in [0.25, 0.3) is 0 Å². The highest BCUT2D eigenvalue weighted by Crippen LogP contribution is 2.42. The summed E-state index contributed by atoms with van der Waals surface area (Å²) in [6, 6.07) is 0. The van der Waals surface area contributed by atoms with Gasteiger partial charge in [0.25, 0.3) is 0 Å². The molecule has 98 valence electrons. The molecule has 0 spiro atoms. The molecule has 2 aliphatic carbocycles. The van der Waals surface area contributed by atoms with Crippen LogP contribution in [-0.2, 0) is 4.79 Å². The van der Waals surface area contributed by atoms with Crippen LogP contribution in [0.1, 0.15) is 64.2 Å². The smallest absolute Gasteiger partial charge is 0.336 e. The lowest BCUT2D eigenvalue weighted by Crippen LogP contribution is -2.53. The van der Waals surface area contributed by atoms with Gasteiger partial charge in [0.05, 0.1) is 0 Å². The van der Waals surface area contributed by atoms with Crippen molar-refractivity contribution in [2.24, 2.45) is 11.8 Å². The highest BCUT2D eigenvalue weighted by molar-refractivity contribution is 5.78. The molecule has 3 heteroatoms. The zero-order chi connectivity index (χ0) is 12.3. The Kier molecular flexibility index (Phi) is 4.08. The molecule has 0 aromatic heterocycles. The Labute approximate surface area is 103 Å². The van der Waals surface area contributed by atoms with E-state index in [2.05, 4.69) is 0 Å². The third-order valence-corrected chi connectivity index (χ3v) is 4.80. The largest absolute Gasteiger partial charge is 0.479 e. The number of aliphatic hydroxyl groups is 1. The number of carboxylic acid groups (broad SMARTS) is 1. The van der Waals surface area contributed by atoms with Crippen LogP contribution < -0.4 is 0 Å². The predicted octanol–water partition coefficient (Wildman–Crippen LogP) is 2.96. The average Bonchev–Trinajstić information content (AvgIpc) is 2.39. The number of hydrogen-bond donors (Lipinski definition) is 2. The van der Waals surface area contributed by atoms with Crippen LogP contribution in [0.2, 0.25) is 0 Å². The molecule has 0 aromatic rings. The molecule has 2 N–H and O–H groups in total. The fourth-order valence-corrected chi connectivity index (χ4v) is 3.77. The lowest BCUT2D eigenvalue weighted by Gasteiger charge is -2.42. The van der Waals surface area contributed by atoms with E-state index in [1.165, 1.54) is 12.8 Å². The molecule has 0 aliphatic heterocycles. The molecule has 0 unspecified atom stereocenters. The van der Waals surface area contributed by atoms with Crippen molar-refractivity contribution in [3.8, 4) is 0 Å². The van der Waals surface area contributed by atoms with Crippen molar-refractivity contribution in [3.05, 3.63) is 0 Å². The zero-order valence-corrected chi connectivity index (χ0v) is 10.5. The molecule has 2 rings (SSSR count). The van der Waals surface area contributed by atoms with Gasteiger partial charge in [0.1, 0.15) is 0 Å². The summed E-state index contributed by atoms with van der Waals surface area (Å²) in [5.41, 5.74) is -1.44. The summed E-state index contributed by atoms with van der Waals surface area (Å²) in [6.45, 7) is 0. The average molecular weight is 240 g/mol. The Hall–Kier alpha value is -0.570. The molecule has 2 saturated carbocycles. The fraction of sp³-hybridized carbons (Fsp3) is 0.929. The molecule has 0 bridgehead atoms. The van der Waals surface area contributed by atoms with E-state index in [4.69, 9.17) is 0 Å². The Bertz CT molecular complexity index is 245. The van der Waals surface area contributed by atoms with E-state index in [0.29, 0.717) is 0 Å². The lowest BCUT2D eigenvalue weighted by atomic mass is 9.66. The van der Waals surface area contributed by atoms with Gasteiger partial charge in [-0.1, -0.05) is 38.5 Å². The number of hydrogen-bond acceptors (Lipinski definition) is 2. The second kappa shape index (κ2) is 5.38. The van der Waals surface area contributed by atoms with E-state index >= 15 is 0 Å². The summed E-state index contributed by atoms with van der Waals surface area (Å²) >= 11 is 0. The van der Waals surface area contributed by atoms with Crippen molar-refractivity contribution >= 4 is 5.97 Å². The van der Waals surface area contributed by atoms with Crippen LogP contribution in [0.4, 0.5) is 0 Å². The maximum Gasteiger partial charge on any atom is 0.336 e. The highest BCUT2D eigenvalue weighted by atomic mass is 16.4. The van der Waals surface area contributed by atoms with Crippen LogP contribution in [-0.4, -0.2) is 21.8 Å². The van der Waals surface area contributed by atoms with Crippen LogP contribution in [0.5, 0.6) is 0 Å². The van der Waals surface area contributed by atoms with E-state index in [1.54, 1.807) is 0 Å². The number of aliphatic carboxylic acids is 1. The van der Waals surface area contributed by atoms with E-state index < -0.39 is 11.6 Å². The summed E-state index contributed by atoms with van der Waals surface area (Å²) in [5, 5.41) is 20.2. The summed E-state index contributed by atoms with van der Waals surface area (Å²) in [5.74, 6) is -1.01. The Morgan fingerprint density at radius 3 is 1.47 bits per heavy atom. The van der Waals surface area contributed by atoms with E-state index in [0.717, 1.165) is 51.4 Å². The first-order chi connectivity index (χ1) is 8.15. The van der Waals surface area contributed by atoms with Gasteiger partial charge in [-0.15, -0.1) is 0 Å². The zero-order valence-electron chi connectivity index (χ0n) is 10.5. The molecule has 0 atom stereocenters. The molecule has 0 aromatic carbocycles. The molecule has 0 heterocycles. The van der Waals surface area contributed by atoms with E-state index in [-0.39, 0.29) is 11.8 Å². The molecule has 2 aliphatic rings. The molecule has 3 nitrogen and oxygen atoms in total. The Balaban J connectivity index is 2.14. The topological polar surface area (TPSA) is 57.5 Å². The second-order valence-electron chi connectivity index (χ2n) is 5.80. The van der Waals surface area contributed by atoms with Gasteiger partial charge in [-0.05, 0) is 37.5 Å². The van der Waals surface area contributed by atoms with Gasteiger partial charge in [0, 0.05) is 0 Å². The second-order valence-corrected chi connectivity index (χ2v) is 5.80. The molecule has 2 fully saturated rings. The number of carbonyl (C=O) groups is 1. The van der Waals surface area contributed by atoms with Crippen LogP contribution in [0.3, 0.4) is 0 Å². The summed E-state index contributed by atoms with van der Waals surface area (Å²) in [4.78, 5) is 11.6. The molecule has 17 heavy (non-hydrogen) atoms. The number of rotatable bonds is 3. The van der Waals surface area contributed by atoms with Crippen LogP contribution in [0, 0.1) is 11.8 Å². The van der Waals surface area contributed by atoms with Crippen molar-refractivity contribution in [2.45, 2.75) is 69.8 Å². The quantitative estimate of drug-likeness (QED) is 0.797. The van der Waals surface area contributed by atoms with Gasteiger partial charge in [-0.3, -0.25) is 0 Å². The maximum atomic E-state index is 11.6. The first-order valence-corrected chi connectivity index (χ1v) is 7.11. The number of carboxylic acids is 1. The first-order valence-electron chi connectivity index (χ1n) is 7.11. The molecule has 0 radical (unpaired) electrons. The fourth-order valence-electron chi connectivity index (χ4n) is 3.77. The Morgan fingerprint density at radius 1 is 0.824 bits per heavy atom. The minimum atomic E-state index is -1.44. The monoisotopic (exact) mass is 240 g/mol. The predicted molar refractivity (Wildman–Crippen MR) is 65.7 cm³/mol. The van der Waals surface area contributed by atoms with Gasteiger partial charge in [0.2, 0.25) is 0 Å². The van der Waals surface area contributed by atoms with Crippen LogP contribution >= 0.6 is 0 Å². The van der Waals surface area contributed by atoms with Gasteiger partial charge < -0.3 is 10.2 Å². The van der Waals surface area contributed by atoms with Gasteiger partial charge in [-0.25, -0.2) is 4.79 Å². The summed E-state index contributed by atoms with van der Waals surface area (Å²) in [7, 11) is 0. The standard InChI is InChI=1S/C14H24O3/c15-13(16)14(17,11-7-3-1-4-8-11)12-9-5-2-6-10-12/h11-12,17H,1-10H2,(H,15,16). The van der Waals surface area contributed by atoms with Crippen molar-refractivity contribution < 1.29 is 15.0 Å². The van der Waals surface area contributed by atoms with Gasteiger partial charge in [0.15, 0.2) is 5.60 Å².